The number of rotatable bonds is 3. The van der Waals surface area contributed by atoms with Crippen molar-refractivity contribution < 1.29 is 9.90 Å². The number of aromatic carboxylic acids is 1. The quantitative estimate of drug-likeness (QED) is 0.711. The molecule has 22 heavy (non-hydrogen) atoms. The smallest absolute Gasteiger partial charge is 0.335 e. The Balaban J connectivity index is 2.09. The van der Waals surface area contributed by atoms with Crippen molar-refractivity contribution in [3.63, 3.8) is 0 Å². The zero-order chi connectivity index (χ0) is 15.7. The molecule has 0 spiro atoms. The summed E-state index contributed by atoms with van der Waals surface area (Å²) in [4.78, 5) is 11.1. The number of hydrogen-bond acceptors (Lipinski definition) is 2. The first-order valence-corrected chi connectivity index (χ1v) is 6.87. The van der Waals surface area contributed by atoms with Gasteiger partial charge in [-0.2, -0.15) is 0 Å². The van der Waals surface area contributed by atoms with Crippen LogP contribution in [-0.4, -0.2) is 11.1 Å². The molecule has 0 unspecified atom stereocenters. The maximum Gasteiger partial charge on any atom is 0.335 e. The fourth-order valence-electron chi connectivity index (χ4n) is 2.48. The van der Waals surface area contributed by atoms with E-state index in [1.54, 1.807) is 12.1 Å². The third-order valence-corrected chi connectivity index (χ3v) is 3.72. The second-order valence-electron chi connectivity index (χ2n) is 5.15. The van der Waals surface area contributed by atoms with Gasteiger partial charge < -0.3 is 10.8 Å². The number of benzene rings is 3. The topological polar surface area (TPSA) is 63.3 Å². The van der Waals surface area contributed by atoms with E-state index in [0.29, 0.717) is 16.8 Å². The molecule has 0 atom stereocenters. The monoisotopic (exact) mass is 289 g/mol. The van der Waals surface area contributed by atoms with Crippen LogP contribution in [-0.2, 0) is 0 Å². The van der Waals surface area contributed by atoms with Gasteiger partial charge in [0.15, 0.2) is 0 Å². The molecular formula is C19H15NO2. The highest BCUT2D eigenvalue weighted by atomic mass is 16.4. The Labute approximate surface area is 128 Å². The number of fused-ring (bicyclic) bond motifs is 1. The highest BCUT2D eigenvalue weighted by Gasteiger charge is 2.11. The Hall–Kier alpha value is -3.07. The molecule has 0 radical (unpaired) electrons. The Kier molecular flexibility index (Phi) is 3.39. The standard InChI is InChI=1S/C19H15NO2/c1-12(17-11-16(19(21)22)8-9-18(17)20)14-7-6-13-4-2-3-5-15(13)10-14/h2-11H,1,20H2,(H,21,22). The third-order valence-electron chi connectivity index (χ3n) is 3.72. The van der Waals surface area contributed by atoms with E-state index in [9.17, 15) is 4.79 Å². The van der Waals surface area contributed by atoms with Gasteiger partial charge in [0.2, 0.25) is 0 Å². The number of nitrogen functional groups attached to an aromatic ring is 1. The summed E-state index contributed by atoms with van der Waals surface area (Å²) in [5.74, 6) is -0.979. The van der Waals surface area contributed by atoms with Crippen LogP contribution >= 0.6 is 0 Å². The number of carboxylic acids is 1. The molecule has 3 heteroatoms. The first kappa shape index (κ1) is 13.9. The van der Waals surface area contributed by atoms with Crippen LogP contribution in [0.15, 0.2) is 67.2 Å². The van der Waals surface area contributed by atoms with Crippen LogP contribution < -0.4 is 5.73 Å². The van der Waals surface area contributed by atoms with Gasteiger partial charge in [-0.15, -0.1) is 0 Å². The van der Waals surface area contributed by atoms with E-state index in [1.807, 2.05) is 42.5 Å². The number of carbonyl (C=O) groups is 1. The summed E-state index contributed by atoms with van der Waals surface area (Å²) in [6, 6.07) is 18.7. The van der Waals surface area contributed by atoms with Gasteiger partial charge >= 0.3 is 5.97 Å². The summed E-state index contributed by atoms with van der Waals surface area (Å²) in [7, 11) is 0. The molecule has 3 aromatic rings. The molecule has 3 aromatic carbocycles. The fourth-order valence-corrected chi connectivity index (χ4v) is 2.48. The molecule has 0 aliphatic rings. The van der Waals surface area contributed by atoms with Gasteiger partial charge in [0.1, 0.15) is 0 Å². The lowest BCUT2D eigenvalue weighted by Crippen LogP contribution is -2.01. The Bertz CT molecular complexity index is 897. The summed E-state index contributed by atoms with van der Waals surface area (Å²) in [6.07, 6.45) is 0. The van der Waals surface area contributed by atoms with E-state index in [-0.39, 0.29) is 5.56 Å². The molecule has 0 fully saturated rings. The maximum atomic E-state index is 11.1. The predicted molar refractivity (Wildman–Crippen MR) is 89.9 cm³/mol. The van der Waals surface area contributed by atoms with Crippen molar-refractivity contribution in [1.29, 1.82) is 0 Å². The van der Waals surface area contributed by atoms with Gasteiger partial charge in [0.05, 0.1) is 5.56 Å². The molecular weight excluding hydrogens is 274 g/mol. The van der Waals surface area contributed by atoms with Crippen LogP contribution in [0.1, 0.15) is 21.5 Å². The molecule has 0 aliphatic heterocycles. The fraction of sp³-hybridized carbons (Fsp3) is 0. The second-order valence-corrected chi connectivity index (χ2v) is 5.15. The lowest BCUT2D eigenvalue weighted by Gasteiger charge is -2.11. The predicted octanol–water partition coefficient (Wildman–Crippen LogP) is 4.18. The Morgan fingerprint density at radius 2 is 1.59 bits per heavy atom. The van der Waals surface area contributed by atoms with Crippen molar-refractivity contribution in [3.05, 3.63) is 83.9 Å². The summed E-state index contributed by atoms with van der Waals surface area (Å²) < 4.78 is 0. The lowest BCUT2D eigenvalue weighted by molar-refractivity contribution is 0.0697. The molecule has 3 rings (SSSR count). The molecule has 0 aromatic heterocycles. The maximum absolute atomic E-state index is 11.1. The first-order valence-electron chi connectivity index (χ1n) is 6.87. The van der Waals surface area contributed by atoms with Gasteiger partial charge in [-0.05, 0) is 46.2 Å². The molecule has 3 nitrogen and oxygen atoms in total. The van der Waals surface area contributed by atoms with E-state index in [2.05, 4.69) is 6.58 Å². The molecule has 0 aliphatic carbocycles. The first-order chi connectivity index (χ1) is 10.6. The van der Waals surface area contributed by atoms with Crippen molar-refractivity contribution >= 4 is 28.0 Å². The average Bonchev–Trinajstić information content (AvgIpc) is 2.54. The Morgan fingerprint density at radius 1 is 0.909 bits per heavy atom. The summed E-state index contributed by atoms with van der Waals surface area (Å²) in [5.41, 5.74) is 8.99. The van der Waals surface area contributed by atoms with Crippen molar-refractivity contribution in [3.8, 4) is 0 Å². The molecule has 108 valence electrons. The van der Waals surface area contributed by atoms with Gasteiger partial charge in [-0.1, -0.05) is 43.0 Å². The van der Waals surface area contributed by atoms with E-state index >= 15 is 0 Å². The summed E-state index contributed by atoms with van der Waals surface area (Å²) >= 11 is 0. The number of anilines is 1. The SMILES string of the molecule is C=C(c1ccc2ccccc2c1)c1cc(C(=O)O)ccc1N. The second kappa shape index (κ2) is 5.37. The van der Waals surface area contributed by atoms with Crippen LogP contribution in [0, 0.1) is 0 Å². The molecule has 0 heterocycles. The van der Waals surface area contributed by atoms with Gasteiger partial charge in [0.25, 0.3) is 0 Å². The molecule has 0 amide bonds. The van der Waals surface area contributed by atoms with E-state index in [0.717, 1.165) is 16.3 Å². The minimum absolute atomic E-state index is 0.200. The lowest BCUT2D eigenvalue weighted by atomic mass is 9.94. The van der Waals surface area contributed by atoms with Crippen LogP contribution in [0.2, 0.25) is 0 Å². The zero-order valence-corrected chi connectivity index (χ0v) is 11.9. The molecule has 0 saturated carbocycles. The van der Waals surface area contributed by atoms with Crippen LogP contribution in [0.5, 0.6) is 0 Å². The Morgan fingerprint density at radius 3 is 2.32 bits per heavy atom. The van der Waals surface area contributed by atoms with Gasteiger partial charge in [0, 0.05) is 11.3 Å². The van der Waals surface area contributed by atoms with E-state index in [1.165, 1.54) is 6.07 Å². The summed E-state index contributed by atoms with van der Waals surface area (Å²) in [6.45, 7) is 4.09. The van der Waals surface area contributed by atoms with Gasteiger partial charge in [-0.3, -0.25) is 0 Å². The highest BCUT2D eigenvalue weighted by molar-refractivity contribution is 5.94. The van der Waals surface area contributed by atoms with Crippen molar-refractivity contribution in [1.82, 2.24) is 0 Å². The van der Waals surface area contributed by atoms with Crippen LogP contribution in [0.25, 0.3) is 16.3 Å². The van der Waals surface area contributed by atoms with Crippen LogP contribution in [0.3, 0.4) is 0 Å². The zero-order valence-electron chi connectivity index (χ0n) is 11.9. The molecule has 3 N–H and O–H groups in total. The number of hydrogen-bond donors (Lipinski definition) is 2. The number of carboxylic acid groups (broad SMARTS) is 1. The van der Waals surface area contributed by atoms with Gasteiger partial charge in [-0.25, -0.2) is 4.79 Å². The highest BCUT2D eigenvalue weighted by Crippen LogP contribution is 2.29. The van der Waals surface area contributed by atoms with E-state index in [4.69, 9.17) is 10.8 Å². The van der Waals surface area contributed by atoms with E-state index < -0.39 is 5.97 Å². The van der Waals surface area contributed by atoms with Crippen molar-refractivity contribution in [2.75, 3.05) is 5.73 Å². The van der Waals surface area contributed by atoms with Crippen molar-refractivity contribution in [2.24, 2.45) is 0 Å². The minimum atomic E-state index is -0.979. The van der Waals surface area contributed by atoms with Crippen LogP contribution in [0.4, 0.5) is 5.69 Å². The molecule has 0 saturated heterocycles. The summed E-state index contributed by atoms with van der Waals surface area (Å²) in [5, 5.41) is 11.4. The normalized spacial score (nSPS) is 10.5. The third kappa shape index (κ3) is 2.44. The van der Waals surface area contributed by atoms with Crippen molar-refractivity contribution in [2.45, 2.75) is 0 Å². The largest absolute Gasteiger partial charge is 0.478 e. The average molecular weight is 289 g/mol. The minimum Gasteiger partial charge on any atom is -0.478 e. The molecule has 0 bridgehead atoms. The number of nitrogens with two attached hydrogens (primary N) is 1.